The maximum absolute atomic E-state index is 5.41. The number of nitrogens with zero attached hydrogens (tertiary/aromatic N) is 3. The predicted octanol–water partition coefficient (Wildman–Crippen LogP) is 3.01. The molecule has 1 saturated carbocycles. The number of nitrogens with one attached hydrogen (secondary N) is 2. The van der Waals surface area contributed by atoms with Gasteiger partial charge in [0, 0.05) is 17.7 Å². The number of anilines is 2. The second-order valence-electron chi connectivity index (χ2n) is 6.98. The molecule has 0 spiro atoms. The van der Waals surface area contributed by atoms with Gasteiger partial charge in [-0.15, -0.1) is 11.3 Å². The zero-order chi connectivity index (χ0) is 19.5. The standard InChI is InChI=1S/C19H24BN5O2S/c1-26-14-7-6-12(9-15(14)27-2)22-18-16-19(28-10-21-16)24-17(23-18)11-4-3-5-13(8-11)25-20/h6-7,9-11,13,25H,3-5,8,20H2,1-2H3,(H,22,23,24). The third-order valence-corrected chi connectivity index (χ3v) is 6.03. The van der Waals surface area contributed by atoms with E-state index in [1.54, 1.807) is 25.6 Å². The van der Waals surface area contributed by atoms with Gasteiger partial charge >= 0.3 is 0 Å². The minimum absolute atomic E-state index is 0.364. The molecule has 4 rings (SSSR count). The first kappa shape index (κ1) is 19.0. The summed E-state index contributed by atoms with van der Waals surface area (Å²) in [5.74, 6) is 3.36. The second-order valence-corrected chi connectivity index (χ2v) is 7.81. The fourth-order valence-electron chi connectivity index (χ4n) is 3.79. The Morgan fingerprint density at radius 1 is 1.14 bits per heavy atom. The fourth-order valence-corrected chi connectivity index (χ4v) is 4.45. The van der Waals surface area contributed by atoms with Gasteiger partial charge in [-0.3, -0.25) is 0 Å². The Labute approximate surface area is 169 Å². The molecule has 1 aliphatic rings. The Morgan fingerprint density at radius 2 is 2.00 bits per heavy atom. The summed E-state index contributed by atoms with van der Waals surface area (Å²) in [5, 5.41) is 6.81. The molecule has 2 aromatic heterocycles. The van der Waals surface area contributed by atoms with Crippen molar-refractivity contribution in [2.75, 3.05) is 19.5 Å². The first-order valence-electron chi connectivity index (χ1n) is 9.49. The van der Waals surface area contributed by atoms with Crippen LogP contribution >= 0.6 is 11.3 Å². The zero-order valence-electron chi connectivity index (χ0n) is 16.4. The Kier molecular flexibility index (Phi) is 5.63. The van der Waals surface area contributed by atoms with Gasteiger partial charge in [-0.25, -0.2) is 15.0 Å². The zero-order valence-corrected chi connectivity index (χ0v) is 17.2. The van der Waals surface area contributed by atoms with E-state index < -0.39 is 0 Å². The van der Waals surface area contributed by atoms with Crippen molar-refractivity contribution in [1.29, 1.82) is 0 Å². The predicted molar refractivity (Wildman–Crippen MR) is 115 cm³/mol. The third kappa shape index (κ3) is 3.77. The molecule has 28 heavy (non-hydrogen) atoms. The number of fused-ring (bicyclic) bond motifs is 1. The van der Waals surface area contributed by atoms with Crippen LogP contribution < -0.4 is 20.0 Å². The molecule has 0 bridgehead atoms. The van der Waals surface area contributed by atoms with Crippen LogP contribution in [0.4, 0.5) is 11.5 Å². The fraction of sp³-hybridized carbons (Fsp3) is 0.421. The summed E-state index contributed by atoms with van der Waals surface area (Å²) >= 11 is 1.55. The monoisotopic (exact) mass is 397 g/mol. The number of ether oxygens (including phenoxy) is 2. The van der Waals surface area contributed by atoms with Crippen molar-refractivity contribution >= 4 is 41.2 Å². The highest BCUT2D eigenvalue weighted by Crippen LogP contribution is 2.35. The quantitative estimate of drug-likeness (QED) is 0.619. The highest BCUT2D eigenvalue weighted by atomic mass is 32.1. The van der Waals surface area contributed by atoms with Gasteiger partial charge in [-0.1, -0.05) is 6.42 Å². The summed E-state index contributed by atoms with van der Waals surface area (Å²) in [7, 11) is 5.29. The van der Waals surface area contributed by atoms with Crippen LogP contribution in [0.2, 0.25) is 0 Å². The lowest BCUT2D eigenvalue weighted by molar-refractivity contribution is 0.355. The number of aromatic nitrogens is 3. The van der Waals surface area contributed by atoms with E-state index in [2.05, 4.69) is 15.5 Å². The maximum Gasteiger partial charge on any atom is 0.182 e. The van der Waals surface area contributed by atoms with Crippen LogP contribution in [0.1, 0.15) is 37.4 Å². The summed E-state index contributed by atoms with van der Waals surface area (Å²) in [6.45, 7) is 0. The normalized spacial score (nSPS) is 19.5. The Balaban J connectivity index is 1.68. The van der Waals surface area contributed by atoms with Crippen LogP contribution in [-0.2, 0) is 0 Å². The molecule has 0 amide bonds. The van der Waals surface area contributed by atoms with Crippen molar-refractivity contribution < 1.29 is 9.47 Å². The van der Waals surface area contributed by atoms with Gasteiger partial charge in [0.2, 0.25) is 0 Å². The van der Waals surface area contributed by atoms with Crippen LogP contribution in [0.3, 0.4) is 0 Å². The van der Waals surface area contributed by atoms with Crippen LogP contribution in [-0.4, -0.2) is 43.2 Å². The van der Waals surface area contributed by atoms with Crippen molar-refractivity contribution in [3.63, 3.8) is 0 Å². The largest absolute Gasteiger partial charge is 0.493 e. The Morgan fingerprint density at radius 3 is 2.79 bits per heavy atom. The molecule has 2 N–H and O–H groups in total. The van der Waals surface area contributed by atoms with Gasteiger partial charge in [0.15, 0.2) is 25.3 Å². The number of benzene rings is 1. The molecule has 9 heteroatoms. The van der Waals surface area contributed by atoms with Crippen LogP contribution in [0.5, 0.6) is 11.5 Å². The van der Waals surface area contributed by atoms with E-state index in [1.165, 1.54) is 12.8 Å². The lowest BCUT2D eigenvalue weighted by atomic mass is 9.84. The molecule has 2 heterocycles. The van der Waals surface area contributed by atoms with E-state index >= 15 is 0 Å². The average Bonchev–Trinajstić information content (AvgIpc) is 3.22. The second kappa shape index (κ2) is 8.32. The topological polar surface area (TPSA) is 81.2 Å². The van der Waals surface area contributed by atoms with E-state index in [9.17, 15) is 0 Å². The summed E-state index contributed by atoms with van der Waals surface area (Å²) in [5.41, 5.74) is 3.48. The van der Waals surface area contributed by atoms with Gasteiger partial charge < -0.3 is 20.0 Å². The van der Waals surface area contributed by atoms with Crippen molar-refractivity contribution in [2.24, 2.45) is 0 Å². The maximum atomic E-state index is 5.41. The molecule has 3 aromatic rings. The van der Waals surface area contributed by atoms with Crippen molar-refractivity contribution in [2.45, 2.75) is 37.6 Å². The van der Waals surface area contributed by atoms with E-state index in [0.717, 1.165) is 40.5 Å². The molecule has 7 nitrogen and oxygen atoms in total. The summed E-state index contributed by atoms with van der Waals surface area (Å²) < 4.78 is 10.7. The van der Waals surface area contributed by atoms with Crippen molar-refractivity contribution in [3.8, 4) is 11.5 Å². The first-order chi connectivity index (χ1) is 13.7. The molecule has 1 aliphatic carbocycles. The van der Waals surface area contributed by atoms with Gasteiger partial charge in [0.1, 0.15) is 16.2 Å². The number of hydrogen-bond acceptors (Lipinski definition) is 8. The SMILES string of the molecule is BNC1CCCC(c2nc(Nc3ccc(OC)c(OC)c3)c3ncsc3n2)C1. The number of thiazole rings is 1. The average molecular weight is 397 g/mol. The molecule has 0 aliphatic heterocycles. The smallest absolute Gasteiger partial charge is 0.182 e. The Bertz CT molecular complexity index is 967. The number of rotatable bonds is 6. The van der Waals surface area contributed by atoms with E-state index in [-0.39, 0.29) is 0 Å². The molecular weight excluding hydrogens is 373 g/mol. The first-order valence-corrected chi connectivity index (χ1v) is 10.4. The third-order valence-electron chi connectivity index (χ3n) is 5.31. The van der Waals surface area contributed by atoms with Crippen molar-refractivity contribution in [1.82, 2.24) is 20.2 Å². The van der Waals surface area contributed by atoms with Crippen LogP contribution in [0.15, 0.2) is 23.7 Å². The van der Waals surface area contributed by atoms with Gasteiger partial charge in [0.05, 0.1) is 19.7 Å². The summed E-state index contributed by atoms with van der Waals surface area (Å²) in [6, 6.07) is 6.25. The molecule has 2 atom stereocenters. The minimum Gasteiger partial charge on any atom is -0.493 e. The number of hydrogen-bond donors (Lipinski definition) is 2. The lowest BCUT2D eigenvalue weighted by Crippen LogP contribution is -2.32. The molecule has 1 aromatic carbocycles. The Hall–Kier alpha value is -2.39. The highest BCUT2D eigenvalue weighted by molar-refractivity contribution is 7.16. The number of methoxy groups -OCH3 is 2. The highest BCUT2D eigenvalue weighted by Gasteiger charge is 2.25. The van der Waals surface area contributed by atoms with Gasteiger partial charge in [-0.2, -0.15) is 0 Å². The van der Waals surface area contributed by atoms with Crippen LogP contribution in [0.25, 0.3) is 10.3 Å². The summed E-state index contributed by atoms with van der Waals surface area (Å²) in [4.78, 5) is 15.1. The van der Waals surface area contributed by atoms with Gasteiger partial charge in [-0.05, 0) is 37.4 Å². The van der Waals surface area contributed by atoms with E-state index in [4.69, 9.17) is 19.4 Å². The molecule has 0 radical (unpaired) electrons. The molecule has 2 unspecified atom stereocenters. The molecule has 0 saturated heterocycles. The van der Waals surface area contributed by atoms with E-state index in [1.807, 2.05) is 31.7 Å². The van der Waals surface area contributed by atoms with Crippen molar-refractivity contribution in [3.05, 3.63) is 29.5 Å². The molecule has 1 fully saturated rings. The lowest BCUT2D eigenvalue weighted by Gasteiger charge is -2.28. The minimum atomic E-state index is 0.364. The molecular formula is C19H24BN5O2S. The molecule has 146 valence electrons. The van der Waals surface area contributed by atoms with Crippen LogP contribution in [0, 0.1) is 0 Å². The van der Waals surface area contributed by atoms with E-state index in [0.29, 0.717) is 23.5 Å². The summed E-state index contributed by atoms with van der Waals surface area (Å²) in [6.07, 6.45) is 4.60. The van der Waals surface area contributed by atoms with Gasteiger partial charge in [0.25, 0.3) is 0 Å².